The summed E-state index contributed by atoms with van der Waals surface area (Å²) in [5.74, 6) is 0.569. The lowest BCUT2D eigenvalue weighted by atomic mass is 9.99. The highest BCUT2D eigenvalue weighted by Crippen LogP contribution is 2.34. The quantitative estimate of drug-likeness (QED) is 0.709. The first-order valence-electron chi connectivity index (χ1n) is 10.9. The van der Waals surface area contributed by atoms with Crippen molar-refractivity contribution in [1.29, 1.82) is 0 Å². The van der Waals surface area contributed by atoms with Gasteiger partial charge in [-0.3, -0.25) is 4.79 Å². The molecule has 2 aliphatic heterocycles. The Balaban J connectivity index is 1.36. The standard InChI is InChI=1S/C23H27F3N4O3/c1-29-8-10-30(11-9-29)19-3-2-4-20-18(19)13-17(15-33-20)28-22(31)16-5-6-21(27-14-16)32-12-7-23(24,25)26/h2-6,14,17H,7-13,15H2,1H3,(H,28,31)/t17-/m0/s1. The fourth-order valence-electron chi connectivity index (χ4n) is 3.97. The first-order chi connectivity index (χ1) is 15.8. The van der Waals surface area contributed by atoms with Gasteiger partial charge in [0.15, 0.2) is 0 Å². The van der Waals surface area contributed by atoms with E-state index in [9.17, 15) is 18.0 Å². The van der Waals surface area contributed by atoms with Crippen LogP contribution in [0.25, 0.3) is 0 Å². The van der Waals surface area contributed by atoms with Gasteiger partial charge in [0.2, 0.25) is 5.88 Å². The number of hydrogen-bond donors (Lipinski definition) is 1. The second-order valence-corrected chi connectivity index (χ2v) is 8.33. The van der Waals surface area contributed by atoms with Gasteiger partial charge in [-0.1, -0.05) is 6.07 Å². The van der Waals surface area contributed by atoms with Gasteiger partial charge in [-0.15, -0.1) is 0 Å². The minimum absolute atomic E-state index is 0.0440. The normalized spacial score (nSPS) is 18.9. The van der Waals surface area contributed by atoms with E-state index in [0.29, 0.717) is 18.6 Å². The van der Waals surface area contributed by atoms with Gasteiger partial charge in [-0.05, 0) is 25.2 Å². The van der Waals surface area contributed by atoms with Gasteiger partial charge < -0.3 is 24.6 Å². The van der Waals surface area contributed by atoms with Gasteiger partial charge in [-0.2, -0.15) is 13.2 Å². The fraction of sp³-hybridized carbons (Fsp3) is 0.478. The van der Waals surface area contributed by atoms with E-state index in [0.717, 1.165) is 43.2 Å². The molecule has 0 aliphatic carbocycles. The lowest BCUT2D eigenvalue weighted by Gasteiger charge is -2.37. The average molecular weight is 464 g/mol. The minimum Gasteiger partial charge on any atom is -0.491 e. The molecule has 2 aromatic rings. The van der Waals surface area contributed by atoms with Crippen LogP contribution in [-0.4, -0.2) is 74.4 Å². The number of carbonyl (C=O) groups is 1. The van der Waals surface area contributed by atoms with E-state index in [1.165, 1.54) is 18.3 Å². The molecule has 1 N–H and O–H groups in total. The zero-order valence-corrected chi connectivity index (χ0v) is 18.4. The Morgan fingerprint density at radius 1 is 1.21 bits per heavy atom. The predicted molar refractivity (Wildman–Crippen MR) is 117 cm³/mol. The van der Waals surface area contributed by atoms with E-state index in [1.807, 2.05) is 12.1 Å². The SMILES string of the molecule is CN1CCN(c2cccc3c2C[C@H](NC(=O)c2ccc(OCCC(F)(F)F)nc2)CO3)CC1. The molecule has 1 fully saturated rings. The third-order valence-corrected chi connectivity index (χ3v) is 5.81. The van der Waals surface area contributed by atoms with Crippen LogP contribution in [0.2, 0.25) is 0 Å². The third kappa shape index (κ3) is 6.07. The fourth-order valence-corrected chi connectivity index (χ4v) is 3.97. The van der Waals surface area contributed by atoms with Crippen molar-refractivity contribution >= 4 is 11.6 Å². The lowest BCUT2D eigenvalue weighted by Crippen LogP contribution is -2.46. The van der Waals surface area contributed by atoms with Crippen LogP contribution in [0.3, 0.4) is 0 Å². The van der Waals surface area contributed by atoms with Crippen molar-refractivity contribution in [3.8, 4) is 11.6 Å². The second-order valence-electron chi connectivity index (χ2n) is 8.33. The lowest BCUT2D eigenvalue weighted by molar-refractivity contribution is -0.139. The summed E-state index contributed by atoms with van der Waals surface area (Å²) in [7, 11) is 2.11. The zero-order valence-electron chi connectivity index (χ0n) is 18.4. The molecule has 1 aromatic carbocycles. The summed E-state index contributed by atoms with van der Waals surface area (Å²) in [4.78, 5) is 21.3. The maximum atomic E-state index is 12.7. The number of hydrogen-bond acceptors (Lipinski definition) is 6. The van der Waals surface area contributed by atoms with Crippen LogP contribution in [0, 0.1) is 0 Å². The summed E-state index contributed by atoms with van der Waals surface area (Å²) in [6.45, 7) is 3.70. The Morgan fingerprint density at radius 2 is 2.00 bits per heavy atom. The molecule has 1 aromatic heterocycles. The number of aromatic nitrogens is 1. The van der Waals surface area contributed by atoms with Gasteiger partial charge in [0.25, 0.3) is 5.91 Å². The van der Waals surface area contributed by atoms with Crippen molar-refractivity contribution < 1.29 is 27.4 Å². The van der Waals surface area contributed by atoms with Crippen molar-refractivity contribution in [2.24, 2.45) is 0 Å². The Morgan fingerprint density at radius 3 is 2.70 bits per heavy atom. The molecule has 4 rings (SSSR count). The molecule has 2 aliphatic rings. The van der Waals surface area contributed by atoms with Crippen LogP contribution < -0.4 is 19.7 Å². The molecule has 10 heteroatoms. The molecule has 33 heavy (non-hydrogen) atoms. The predicted octanol–water partition coefficient (Wildman–Crippen LogP) is 2.90. The van der Waals surface area contributed by atoms with Crippen molar-refractivity contribution in [3.05, 3.63) is 47.7 Å². The average Bonchev–Trinajstić information content (AvgIpc) is 2.79. The number of piperazine rings is 1. The number of fused-ring (bicyclic) bond motifs is 1. The smallest absolute Gasteiger partial charge is 0.392 e. The number of rotatable bonds is 6. The van der Waals surface area contributed by atoms with E-state index < -0.39 is 19.2 Å². The van der Waals surface area contributed by atoms with Gasteiger partial charge in [0.1, 0.15) is 12.4 Å². The summed E-state index contributed by atoms with van der Waals surface area (Å²) in [6, 6.07) is 8.71. The summed E-state index contributed by atoms with van der Waals surface area (Å²) >= 11 is 0. The van der Waals surface area contributed by atoms with Gasteiger partial charge in [0.05, 0.1) is 24.6 Å². The van der Waals surface area contributed by atoms with Crippen LogP contribution in [0.4, 0.5) is 18.9 Å². The number of nitrogens with zero attached hydrogens (tertiary/aromatic N) is 3. The van der Waals surface area contributed by atoms with Crippen molar-refractivity contribution in [2.75, 3.05) is 51.3 Å². The maximum absolute atomic E-state index is 12.7. The number of ether oxygens (including phenoxy) is 2. The molecule has 0 unspecified atom stereocenters. The molecular weight excluding hydrogens is 437 g/mol. The Labute approximate surface area is 190 Å². The first-order valence-corrected chi connectivity index (χ1v) is 10.9. The summed E-state index contributed by atoms with van der Waals surface area (Å²) in [5.41, 5.74) is 2.53. The van der Waals surface area contributed by atoms with Crippen LogP contribution in [0.1, 0.15) is 22.3 Å². The van der Waals surface area contributed by atoms with Crippen LogP contribution in [0.15, 0.2) is 36.5 Å². The topological polar surface area (TPSA) is 66.9 Å². The number of carbonyl (C=O) groups excluding carboxylic acids is 1. The Kier molecular flexibility index (Phi) is 6.92. The van der Waals surface area contributed by atoms with Crippen LogP contribution >= 0.6 is 0 Å². The number of halogens is 3. The molecule has 0 saturated carbocycles. The highest BCUT2D eigenvalue weighted by Gasteiger charge is 2.28. The number of benzene rings is 1. The second kappa shape index (κ2) is 9.86. The third-order valence-electron chi connectivity index (χ3n) is 5.81. The van der Waals surface area contributed by atoms with Gasteiger partial charge >= 0.3 is 6.18 Å². The number of pyridine rings is 1. The largest absolute Gasteiger partial charge is 0.491 e. The number of likely N-dealkylation sites (N-methyl/N-ethyl adjacent to an activating group) is 1. The van der Waals surface area contributed by atoms with E-state index in [-0.39, 0.29) is 17.8 Å². The Hall–Kier alpha value is -3.01. The van der Waals surface area contributed by atoms with E-state index in [1.54, 1.807) is 0 Å². The number of amides is 1. The van der Waals surface area contributed by atoms with E-state index in [2.05, 4.69) is 33.2 Å². The van der Waals surface area contributed by atoms with Gasteiger partial charge in [0, 0.05) is 56.1 Å². The van der Waals surface area contributed by atoms with Crippen molar-refractivity contribution in [1.82, 2.24) is 15.2 Å². The summed E-state index contributed by atoms with van der Waals surface area (Å²) < 4.78 is 47.6. The highest BCUT2D eigenvalue weighted by atomic mass is 19.4. The molecule has 1 amide bonds. The molecule has 1 atom stereocenters. The maximum Gasteiger partial charge on any atom is 0.392 e. The first kappa shape index (κ1) is 23.2. The summed E-state index contributed by atoms with van der Waals surface area (Å²) in [6.07, 6.45) is -3.40. The highest BCUT2D eigenvalue weighted by molar-refractivity contribution is 5.94. The molecule has 178 valence electrons. The molecule has 3 heterocycles. The molecule has 0 bridgehead atoms. The van der Waals surface area contributed by atoms with Gasteiger partial charge in [-0.25, -0.2) is 4.98 Å². The van der Waals surface area contributed by atoms with Crippen molar-refractivity contribution in [3.63, 3.8) is 0 Å². The van der Waals surface area contributed by atoms with Crippen LogP contribution in [0.5, 0.6) is 11.6 Å². The van der Waals surface area contributed by atoms with Crippen LogP contribution in [-0.2, 0) is 6.42 Å². The molecule has 7 nitrogen and oxygen atoms in total. The van der Waals surface area contributed by atoms with E-state index >= 15 is 0 Å². The number of nitrogens with one attached hydrogen (secondary N) is 1. The van der Waals surface area contributed by atoms with Crippen molar-refractivity contribution in [2.45, 2.75) is 25.1 Å². The number of anilines is 1. The number of alkyl halides is 3. The molecular formula is C23H27F3N4O3. The zero-order chi connectivity index (χ0) is 23.4. The Bertz CT molecular complexity index is 960. The summed E-state index contributed by atoms with van der Waals surface area (Å²) in [5, 5.41) is 2.98. The molecule has 0 spiro atoms. The monoisotopic (exact) mass is 464 g/mol. The minimum atomic E-state index is -4.29. The molecule has 0 radical (unpaired) electrons. The molecule has 1 saturated heterocycles. The van der Waals surface area contributed by atoms with E-state index in [4.69, 9.17) is 9.47 Å².